The Hall–Kier alpha value is -1.88. The Balaban J connectivity index is 2.44. The minimum atomic E-state index is -3.55. The average molecular weight is 293 g/mol. The third-order valence-corrected chi connectivity index (χ3v) is 4.99. The highest BCUT2D eigenvalue weighted by molar-refractivity contribution is 7.90. The molecule has 0 heterocycles. The van der Waals surface area contributed by atoms with Crippen LogP contribution in [-0.2, 0) is 15.6 Å². The highest BCUT2D eigenvalue weighted by atomic mass is 32.2. The molecule has 0 fully saturated rings. The molecule has 0 bridgehead atoms. The van der Waals surface area contributed by atoms with E-state index >= 15 is 0 Å². The van der Waals surface area contributed by atoms with Crippen molar-refractivity contribution in [3.05, 3.63) is 58.9 Å². The van der Waals surface area contributed by atoms with E-state index in [1.165, 1.54) is 24.3 Å². The van der Waals surface area contributed by atoms with E-state index in [-0.39, 0.29) is 22.2 Å². The Morgan fingerprint density at radius 1 is 1.10 bits per heavy atom. The van der Waals surface area contributed by atoms with E-state index < -0.39 is 9.84 Å². The molecule has 0 unspecified atom stereocenters. The SMILES string of the molecule is Cc1cc(F)ccc1CS(=O)(=O)c1cccc(C)c1N. The van der Waals surface area contributed by atoms with Gasteiger partial charge in [-0.05, 0) is 48.7 Å². The fraction of sp³-hybridized carbons (Fsp3) is 0.200. The molecule has 0 spiro atoms. The molecule has 0 aliphatic rings. The maximum Gasteiger partial charge on any atom is 0.184 e. The minimum absolute atomic E-state index is 0.126. The van der Waals surface area contributed by atoms with Crippen LogP contribution in [0.1, 0.15) is 16.7 Å². The maximum atomic E-state index is 13.1. The van der Waals surface area contributed by atoms with Gasteiger partial charge in [-0.25, -0.2) is 12.8 Å². The number of anilines is 1. The molecule has 0 aliphatic heterocycles. The van der Waals surface area contributed by atoms with Crippen LogP contribution in [0.4, 0.5) is 10.1 Å². The van der Waals surface area contributed by atoms with Crippen LogP contribution in [0.2, 0.25) is 0 Å². The van der Waals surface area contributed by atoms with Crippen LogP contribution < -0.4 is 5.73 Å². The summed E-state index contributed by atoms with van der Waals surface area (Å²) < 4.78 is 37.9. The first-order valence-electron chi connectivity index (χ1n) is 6.14. The van der Waals surface area contributed by atoms with E-state index in [2.05, 4.69) is 0 Å². The van der Waals surface area contributed by atoms with E-state index in [0.717, 1.165) is 5.56 Å². The molecule has 106 valence electrons. The summed E-state index contributed by atoms with van der Waals surface area (Å²) in [7, 11) is -3.55. The third kappa shape index (κ3) is 2.82. The summed E-state index contributed by atoms with van der Waals surface area (Å²) in [5.41, 5.74) is 8.03. The maximum absolute atomic E-state index is 13.1. The molecule has 5 heteroatoms. The molecule has 2 N–H and O–H groups in total. The van der Waals surface area contributed by atoms with Crippen molar-refractivity contribution in [3.8, 4) is 0 Å². The van der Waals surface area contributed by atoms with Crippen molar-refractivity contribution in [2.24, 2.45) is 0 Å². The topological polar surface area (TPSA) is 60.2 Å². The van der Waals surface area contributed by atoms with E-state index in [4.69, 9.17) is 5.73 Å². The smallest absolute Gasteiger partial charge is 0.184 e. The van der Waals surface area contributed by atoms with Gasteiger partial charge in [0.2, 0.25) is 0 Å². The molecule has 20 heavy (non-hydrogen) atoms. The summed E-state index contributed by atoms with van der Waals surface area (Å²) in [6.07, 6.45) is 0. The number of aryl methyl sites for hydroxylation is 2. The van der Waals surface area contributed by atoms with Crippen LogP contribution in [0, 0.1) is 19.7 Å². The van der Waals surface area contributed by atoms with E-state index in [1.54, 1.807) is 26.0 Å². The molecule has 0 amide bonds. The highest BCUT2D eigenvalue weighted by Gasteiger charge is 2.20. The fourth-order valence-electron chi connectivity index (χ4n) is 2.03. The Kier molecular flexibility index (Phi) is 3.81. The number of benzene rings is 2. The summed E-state index contributed by atoms with van der Waals surface area (Å²) in [5, 5.41) is 0. The van der Waals surface area contributed by atoms with Crippen LogP contribution in [0.15, 0.2) is 41.3 Å². The van der Waals surface area contributed by atoms with Crippen molar-refractivity contribution >= 4 is 15.5 Å². The summed E-state index contributed by atoms with van der Waals surface area (Å²) >= 11 is 0. The summed E-state index contributed by atoms with van der Waals surface area (Å²) in [6.45, 7) is 3.45. The zero-order chi connectivity index (χ0) is 14.9. The average Bonchev–Trinajstić information content (AvgIpc) is 2.36. The molecule has 0 aromatic heterocycles. The quantitative estimate of drug-likeness (QED) is 0.885. The summed E-state index contributed by atoms with van der Waals surface area (Å²) in [5.74, 6) is -0.564. The molecule has 0 aliphatic carbocycles. The first-order chi connectivity index (χ1) is 9.31. The summed E-state index contributed by atoms with van der Waals surface area (Å²) in [6, 6.07) is 9.00. The van der Waals surface area contributed by atoms with Gasteiger partial charge < -0.3 is 5.73 Å². The van der Waals surface area contributed by atoms with Crippen molar-refractivity contribution in [3.63, 3.8) is 0 Å². The van der Waals surface area contributed by atoms with E-state index in [1.807, 2.05) is 0 Å². The Labute approximate surface area is 118 Å². The molecule has 0 saturated heterocycles. The van der Waals surface area contributed by atoms with Gasteiger partial charge >= 0.3 is 0 Å². The molecule has 2 aromatic rings. The lowest BCUT2D eigenvalue weighted by atomic mass is 10.1. The molecule has 2 aromatic carbocycles. The van der Waals surface area contributed by atoms with Crippen molar-refractivity contribution in [2.45, 2.75) is 24.5 Å². The molecule has 3 nitrogen and oxygen atoms in total. The Morgan fingerprint density at radius 3 is 2.45 bits per heavy atom. The molecular weight excluding hydrogens is 277 g/mol. The van der Waals surface area contributed by atoms with Crippen molar-refractivity contribution in [2.75, 3.05) is 5.73 Å². The second-order valence-electron chi connectivity index (χ2n) is 4.82. The van der Waals surface area contributed by atoms with Gasteiger partial charge in [-0.1, -0.05) is 18.2 Å². The lowest BCUT2D eigenvalue weighted by Crippen LogP contribution is -2.09. The monoisotopic (exact) mass is 293 g/mol. The number of para-hydroxylation sites is 1. The second-order valence-corrected chi connectivity index (χ2v) is 6.77. The predicted molar refractivity (Wildman–Crippen MR) is 77.6 cm³/mol. The highest BCUT2D eigenvalue weighted by Crippen LogP contribution is 2.26. The first kappa shape index (κ1) is 14.5. The van der Waals surface area contributed by atoms with Gasteiger partial charge in [-0.2, -0.15) is 0 Å². The Bertz CT molecular complexity index is 754. The zero-order valence-corrected chi connectivity index (χ0v) is 12.2. The number of nitrogens with two attached hydrogens (primary N) is 1. The van der Waals surface area contributed by atoms with Gasteiger partial charge in [0.05, 0.1) is 16.3 Å². The normalized spacial score (nSPS) is 11.6. The number of hydrogen-bond acceptors (Lipinski definition) is 3. The predicted octanol–water partition coefficient (Wildman–Crippen LogP) is 3.00. The lowest BCUT2D eigenvalue weighted by molar-refractivity contribution is 0.595. The number of rotatable bonds is 3. The van der Waals surface area contributed by atoms with Gasteiger partial charge in [0.15, 0.2) is 9.84 Å². The minimum Gasteiger partial charge on any atom is -0.397 e. The van der Waals surface area contributed by atoms with Gasteiger partial charge in [0.25, 0.3) is 0 Å². The van der Waals surface area contributed by atoms with Crippen molar-refractivity contribution < 1.29 is 12.8 Å². The van der Waals surface area contributed by atoms with Crippen LogP contribution in [0.5, 0.6) is 0 Å². The van der Waals surface area contributed by atoms with Gasteiger partial charge in [-0.15, -0.1) is 0 Å². The largest absolute Gasteiger partial charge is 0.397 e. The number of sulfone groups is 1. The van der Waals surface area contributed by atoms with Gasteiger partial charge in [-0.3, -0.25) is 0 Å². The van der Waals surface area contributed by atoms with E-state index in [0.29, 0.717) is 11.1 Å². The third-order valence-electron chi connectivity index (χ3n) is 3.27. The number of hydrogen-bond donors (Lipinski definition) is 1. The Morgan fingerprint density at radius 2 is 1.80 bits per heavy atom. The van der Waals surface area contributed by atoms with E-state index in [9.17, 15) is 12.8 Å². The standard InChI is InChI=1S/C15H16FNO2S/c1-10-4-3-5-14(15(10)17)20(18,19)9-12-6-7-13(16)8-11(12)2/h3-8H,9,17H2,1-2H3. The van der Waals surface area contributed by atoms with Gasteiger partial charge in [0.1, 0.15) is 5.82 Å². The lowest BCUT2D eigenvalue weighted by Gasteiger charge is -2.11. The fourth-order valence-corrected chi connectivity index (χ4v) is 3.70. The number of nitrogen functional groups attached to an aromatic ring is 1. The zero-order valence-electron chi connectivity index (χ0n) is 11.4. The van der Waals surface area contributed by atoms with Crippen molar-refractivity contribution in [1.82, 2.24) is 0 Å². The summed E-state index contributed by atoms with van der Waals surface area (Å²) in [4.78, 5) is 0.126. The van der Waals surface area contributed by atoms with Crippen LogP contribution >= 0.6 is 0 Å². The molecule has 0 atom stereocenters. The van der Waals surface area contributed by atoms with Crippen molar-refractivity contribution in [1.29, 1.82) is 0 Å². The van der Waals surface area contributed by atoms with Crippen LogP contribution in [-0.4, -0.2) is 8.42 Å². The molecular formula is C15H16FNO2S. The van der Waals surface area contributed by atoms with Crippen LogP contribution in [0.25, 0.3) is 0 Å². The molecule has 0 radical (unpaired) electrons. The first-order valence-corrected chi connectivity index (χ1v) is 7.79. The number of halogens is 1. The molecule has 0 saturated carbocycles. The van der Waals surface area contributed by atoms with Crippen LogP contribution in [0.3, 0.4) is 0 Å². The van der Waals surface area contributed by atoms with Gasteiger partial charge in [0, 0.05) is 0 Å². The second kappa shape index (κ2) is 5.25. The molecule has 2 rings (SSSR count).